The molecule has 0 bridgehead atoms. The third-order valence-corrected chi connectivity index (χ3v) is 10.3. The van der Waals surface area contributed by atoms with Crippen LogP contribution in [0.1, 0.15) is 36.0 Å². The molecule has 1 atom stereocenters. The summed E-state index contributed by atoms with van der Waals surface area (Å²) in [5, 5.41) is 4.97. The molecule has 41 heavy (non-hydrogen) atoms. The fourth-order valence-corrected chi connectivity index (χ4v) is 7.68. The molecule has 4 rings (SSSR count). The highest BCUT2D eigenvalue weighted by molar-refractivity contribution is 8.16. The molecular weight excluding hydrogens is 562 g/mol. The number of amides is 2. The Kier molecular flexibility index (Phi) is 9.90. The number of nitrogens with two attached hydrogens (primary N) is 1. The second-order valence-corrected chi connectivity index (χ2v) is 13.2. The zero-order chi connectivity index (χ0) is 29.7. The Morgan fingerprint density at radius 2 is 1.80 bits per heavy atom. The van der Waals surface area contributed by atoms with Gasteiger partial charge in [-0.25, -0.2) is 13.4 Å². The number of aryl methyl sites for hydroxylation is 3. The number of anilines is 1. The van der Waals surface area contributed by atoms with Crippen LogP contribution in [-0.2, 0) is 24.3 Å². The van der Waals surface area contributed by atoms with Crippen molar-refractivity contribution in [1.29, 1.82) is 0 Å². The predicted octanol–water partition coefficient (Wildman–Crippen LogP) is 3.55. The minimum Gasteiger partial charge on any atom is -0.400 e. The summed E-state index contributed by atoms with van der Waals surface area (Å²) in [6, 6.07) is 10.6. The minimum absolute atomic E-state index is 0.0826. The first-order valence-electron chi connectivity index (χ1n) is 13.5. The van der Waals surface area contributed by atoms with Gasteiger partial charge in [0.1, 0.15) is 10.3 Å². The molecule has 2 heterocycles. The molecule has 0 aliphatic carbocycles. The summed E-state index contributed by atoms with van der Waals surface area (Å²) in [6.07, 6.45) is 2.66. The number of carbonyl (C=O) groups is 2. The van der Waals surface area contributed by atoms with Crippen LogP contribution in [0.25, 0.3) is 0 Å². The maximum Gasteiger partial charge on any atom is 0.255 e. The molecule has 2 aliphatic rings. The van der Waals surface area contributed by atoms with Gasteiger partial charge in [0.25, 0.3) is 5.91 Å². The molecule has 2 aliphatic heterocycles. The second-order valence-electron chi connectivity index (χ2n) is 10.2. The summed E-state index contributed by atoms with van der Waals surface area (Å²) in [4.78, 5) is 31.5. The standard InChI is InChI=1S/C29H37N5O5S2/c1-18-8-11-22(20(3)16-18)33-29-24(27(35)31-12-15-39-4)25(30)26(40-29)28(36)32-21-10-9-19(2)23(17-21)41(37,38)34-13-6-5-7-14-34/h8-11,16-17,26H,5-7,12-15,30H2,1-4H3,(H,31,35)(H,32,36)/t26-/m1/s1. The number of thioether (sulfide) groups is 1. The van der Waals surface area contributed by atoms with Gasteiger partial charge in [0.05, 0.1) is 22.8 Å². The first-order chi connectivity index (χ1) is 19.5. The van der Waals surface area contributed by atoms with Crippen molar-refractivity contribution in [3.05, 3.63) is 64.4 Å². The Morgan fingerprint density at radius 3 is 2.49 bits per heavy atom. The zero-order valence-corrected chi connectivity index (χ0v) is 25.5. The monoisotopic (exact) mass is 599 g/mol. The van der Waals surface area contributed by atoms with Crippen LogP contribution in [-0.4, -0.2) is 68.2 Å². The first kappa shape index (κ1) is 30.8. The molecule has 2 aromatic rings. The smallest absolute Gasteiger partial charge is 0.255 e. The molecule has 0 radical (unpaired) electrons. The number of nitrogens with one attached hydrogen (secondary N) is 2. The van der Waals surface area contributed by atoms with Crippen molar-refractivity contribution in [3.8, 4) is 0 Å². The number of carbonyl (C=O) groups excluding carboxylic acids is 2. The molecule has 2 amide bonds. The topological polar surface area (TPSA) is 143 Å². The predicted molar refractivity (Wildman–Crippen MR) is 163 cm³/mol. The molecule has 10 nitrogen and oxygen atoms in total. The number of hydrogen-bond donors (Lipinski definition) is 3. The van der Waals surface area contributed by atoms with Crippen LogP contribution in [0.2, 0.25) is 0 Å². The van der Waals surface area contributed by atoms with E-state index in [9.17, 15) is 18.0 Å². The fourth-order valence-electron chi connectivity index (χ4n) is 4.80. The van der Waals surface area contributed by atoms with Gasteiger partial charge >= 0.3 is 0 Å². The Morgan fingerprint density at radius 1 is 1.07 bits per heavy atom. The van der Waals surface area contributed by atoms with Gasteiger partial charge in [0, 0.05) is 38.1 Å². The van der Waals surface area contributed by atoms with Crippen LogP contribution < -0.4 is 16.4 Å². The number of piperidine rings is 1. The largest absolute Gasteiger partial charge is 0.400 e. The highest BCUT2D eigenvalue weighted by Crippen LogP contribution is 2.36. The maximum absolute atomic E-state index is 13.5. The van der Waals surface area contributed by atoms with Gasteiger partial charge in [-0.05, 0) is 62.9 Å². The van der Waals surface area contributed by atoms with E-state index in [4.69, 9.17) is 15.5 Å². The Balaban J connectivity index is 1.62. The lowest BCUT2D eigenvalue weighted by atomic mass is 10.1. The van der Waals surface area contributed by atoms with E-state index in [0.29, 0.717) is 41.7 Å². The number of aliphatic imine (C=N–C) groups is 1. The second kappa shape index (κ2) is 13.2. The van der Waals surface area contributed by atoms with E-state index in [1.54, 1.807) is 19.1 Å². The molecule has 4 N–H and O–H groups in total. The van der Waals surface area contributed by atoms with E-state index < -0.39 is 27.1 Å². The van der Waals surface area contributed by atoms with Gasteiger partial charge in [0.2, 0.25) is 15.9 Å². The molecule has 220 valence electrons. The van der Waals surface area contributed by atoms with Crippen molar-refractivity contribution >= 4 is 50.0 Å². The highest BCUT2D eigenvalue weighted by Gasteiger charge is 2.38. The summed E-state index contributed by atoms with van der Waals surface area (Å²) in [6.45, 7) is 7.19. The van der Waals surface area contributed by atoms with Crippen molar-refractivity contribution in [2.24, 2.45) is 10.7 Å². The van der Waals surface area contributed by atoms with E-state index in [2.05, 4.69) is 10.6 Å². The molecule has 0 spiro atoms. The van der Waals surface area contributed by atoms with Gasteiger partial charge in [-0.2, -0.15) is 4.31 Å². The molecule has 2 aromatic carbocycles. The lowest BCUT2D eigenvalue weighted by Gasteiger charge is -2.26. The van der Waals surface area contributed by atoms with E-state index in [0.717, 1.165) is 42.2 Å². The average molecular weight is 600 g/mol. The maximum atomic E-state index is 13.5. The molecule has 12 heteroatoms. The summed E-state index contributed by atoms with van der Waals surface area (Å²) < 4.78 is 33.2. The molecule has 1 fully saturated rings. The quantitative estimate of drug-likeness (QED) is 0.374. The number of ether oxygens (including phenoxy) is 1. The number of benzene rings is 2. The number of sulfonamides is 1. The molecule has 1 saturated heterocycles. The van der Waals surface area contributed by atoms with Crippen LogP contribution in [0.4, 0.5) is 11.4 Å². The summed E-state index contributed by atoms with van der Waals surface area (Å²) in [7, 11) is -2.17. The van der Waals surface area contributed by atoms with Crippen molar-refractivity contribution in [2.75, 3.05) is 38.7 Å². The minimum atomic E-state index is -3.70. The van der Waals surface area contributed by atoms with Crippen molar-refractivity contribution in [2.45, 2.75) is 50.2 Å². The van der Waals surface area contributed by atoms with E-state index >= 15 is 0 Å². The fraction of sp³-hybridized carbons (Fsp3) is 0.414. The van der Waals surface area contributed by atoms with Gasteiger partial charge < -0.3 is 21.1 Å². The number of methoxy groups -OCH3 is 1. The molecule has 0 saturated carbocycles. The van der Waals surface area contributed by atoms with Gasteiger partial charge in [-0.3, -0.25) is 9.59 Å². The lowest BCUT2D eigenvalue weighted by Crippen LogP contribution is -2.36. The van der Waals surface area contributed by atoms with Crippen molar-refractivity contribution in [1.82, 2.24) is 9.62 Å². The summed E-state index contributed by atoms with van der Waals surface area (Å²) in [5.41, 5.74) is 10.3. The Bertz CT molecular complexity index is 1500. The first-order valence-corrected chi connectivity index (χ1v) is 15.9. The van der Waals surface area contributed by atoms with Gasteiger partial charge in [0.15, 0.2) is 0 Å². The average Bonchev–Trinajstić information content (AvgIpc) is 3.27. The normalized spacial score (nSPS) is 19.0. The van der Waals surface area contributed by atoms with Gasteiger partial charge in [-0.1, -0.05) is 41.9 Å². The lowest BCUT2D eigenvalue weighted by molar-refractivity contribution is -0.117. The summed E-state index contributed by atoms with van der Waals surface area (Å²) >= 11 is 1.09. The zero-order valence-electron chi connectivity index (χ0n) is 23.8. The van der Waals surface area contributed by atoms with Crippen molar-refractivity contribution in [3.63, 3.8) is 0 Å². The number of nitrogens with zero attached hydrogens (tertiary/aromatic N) is 2. The summed E-state index contributed by atoms with van der Waals surface area (Å²) in [5.74, 6) is -0.929. The number of hydrogen-bond acceptors (Lipinski definition) is 8. The molecule has 0 aromatic heterocycles. The SMILES string of the molecule is COCCNC(=O)C1=C(N)[C@H](C(=O)Nc2ccc(C)c(S(=O)(=O)N3CCCCC3)c2)SC1=Nc1ccc(C)cc1C. The van der Waals surface area contributed by atoms with E-state index in [1.807, 2.05) is 32.0 Å². The highest BCUT2D eigenvalue weighted by atomic mass is 32.2. The Labute approximate surface area is 245 Å². The van der Waals surface area contributed by atoms with Crippen LogP contribution in [0.3, 0.4) is 0 Å². The van der Waals surface area contributed by atoms with Crippen LogP contribution in [0.15, 0.2) is 57.6 Å². The van der Waals surface area contributed by atoms with E-state index in [-0.39, 0.29) is 22.7 Å². The van der Waals surface area contributed by atoms with Crippen molar-refractivity contribution < 1.29 is 22.7 Å². The van der Waals surface area contributed by atoms with Crippen LogP contribution in [0, 0.1) is 20.8 Å². The molecular formula is C29H37N5O5S2. The van der Waals surface area contributed by atoms with Crippen LogP contribution in [0.5, 0.6) is 0 Å². The third-order valence-electron chi connectivity index (χ3n) is 7.03. The van der Waals surface area contributed by atoms with E-state index in [1.165, 1.54) is 17.5 Å². The van der Waals surface area contributed by atoms with Gasteiger partial charge in [-0.15, -0.1) is 0 Å². The Hall–Kier alpha value is -3.19. The third kappa shape index (κ3) is 7.00. The molecule has 0 unspecified atom stereocenters. The van der Waals surface area contributed by atoms with Crippen LogP contribution >= 0.6 is 11.8 Å². The number of rotatable bonds is 9.